The van der Waals surface area contributed by atoms with Crippen molar-refractivity contribution in [3.05, 3.63) is 29.3 Å². The lowest BCUT2D eigenvalue weighted by atomic mass is 10.0. The SMILES string of the molecule is CCc1cccc(CCCCl)c1OC(F)(F)F. The van der Waals surface area contributed by atoms with Gasteiger partial charge in [-0.3, -0.25) is 0 Å². The van der Waals surface area contributed by atoms with Crippen molar-refractivity contribution in [2.24, 2.45) is 0 Å². The van der Waals surface area contributed by atoms with Crippen LogP contribution in [0.1, 0.15) is 24.5 Å². The van der Waals surface area contributed by atoms with E-state index in [2.05, 4.69) is 4.74 Å². The van der Waals surface area contributed by atoms with E-state index in [1.165, 1.54) is 0 Å². The van der Waals surface area contributed by atoms with Gasteiger partial charge in [0.2, 0.25) is 0 Å². The van der Waals surface area contributed by atoms with Crippen molar-refractivity contribution in [2.45, 2.75) is 32.5 Å². The molecule has 0 aliphatic carbocycles. The average Bonchev–Trinajstić information content (AvgIpc) is 2.25. The van der Waals surface area contributed by atoms with Crippen molar-refractivity contribution in [2.75, 3.05) is 5.88 Å². The second-order valence-corrected chi connectivity index (χ2v) is 3.98. The van der Waals surface area contributed by atoms with Gasteiger partial charge in [0.05, 0.1) is 0 Å². The monoisotopic (exact) mass is 266 g/mol. The Morgan fingerprint density at radius 2 is 1.88 bits per heavy atom. The number of rotatable bonds is 5. The third kappa shape index (κ3) is 4.46. The number of benzene rings is 1. The van der Waals surface area contributed by atoms with Crippen LogP contribution in [0.5, 0.6) is 5.75 Å². The maximum Gasteiger partial charge on any atom is 0.573 e. The molecule has 0 atom stereocenters. The normalized spacial score (nSPS) is 11.6. The summed E-state index contributed by atoms with van der Waals surface area (Å²) in [5, 5.41) is 0. The van der Waals surface area contributed by atoms with Gasteiger partial charge in [-0.05, 0) is 30.4 Å². The van der Waals surface area contributed by atoms with Crippen LogP contribution in [0.25, 0.3) is 0 Å². The van der Waals surface area contributed by atoms with Crippen LogP contribution in [0.15, 0.2) is 18.2 Å². The van der Waals surface area contributed by atoms with Crippen LogP contribution in [-0.4, -0.2) is 12.2 Å². The molecule has 0 heterocycles. The first-order valence-electron chi connectivity index (χ1n) is 5.40. The molecule has 0 bridgehead atoms. The highest BCUT2D eigenvalue weighted by molar-refractivity contribution is 6.17. The van der Waals surface area contributed by atoms with E-state index in [9.17, 15) is 13.2 Å². The van der Waals surface area contributed by atoms with E-state index >= 15 is 0 Å². The Bertz CT molecular complexity index is 363. The second-order valence-electron chi connectivity index (χ2n) is 3.60. The molecule has 0 fully saturated rings. The van der Waals surface area contributed by atoms with E-state index in [-0.39, 0.29) is 5.75 Å². The van der Waals surface area contributed by atoms with Gasteiger partial charge in [-0.1, -0.05) is 25.1 Å². The molecule has 0 radical (unpaired) electrons. The van der Waals surface area contributed by atoms with Gasteiger partial charge in [-0.15, -0.1) is 24.8 Å². The van der Waals surface area contributed by atoms with Gasteiger partial charge in [0.1, 0.15) is 5.75 Å². The lowest BCUT2D eigenvalue weighted by Crippen LogP contribution is -2.19. The predicted octanol–water partition coefficient (Wildman–Crippen LogP) is 4.32. The lowest BCUT2D eigenvalue weighted by molar-refractivity contribution is -0.275. The molecule has 0 N–H and O–H groups in total. The van der Waals surface area contributed by atoms with Gasteiger partial charge in [0.25, 0.3) is 0 Å². The highest BCUT2D eigenvalue weighted by Crippen LogP contribution is 2.31. The molecule has 0 unspecified atom stereocenters. The molecule has 1 nitrogen and oxygen atoms in total. The predicted molar refractivity (Wildman–Crippen MR) is 61.5 cm³/mol. The van der Waals surface area contributed by atoms with Crippen LogP contribution in [0.4, 0.5) is 13.2 Å². The zero-order chi connectivity index (χ0) is 12.9. The third-order valence-corrected chi connectivity index (χ3v) is 2.62. The van der Waals surface area contributed by atoms with Crippen molar-refractivity contribution >= 4 is 11.6 Å². The van der Waals surface area contributed by atoms with Crippen LogP contribution < -0.4 is 4.74 Å². The second kappa shape index (κ2) is 6.15. The molecular formula is C12H14ClF3O. The molecule has 0 aliphatic rings. The van der Waals surface area contributed by atoms with E-state index in [4.69, 9.17) is 11.6 Å². The summed E-state index contributed by atoms with van der Waals surface area (Å²) in [6.45, 7) is 1.80. The third-order valence-electron chi connectivity index (χ3n) is 2.36. The van der Waals surface area contributed by atoms with Gasteiger partial charge in [-0.2, -0.15) is 0 Å². The van der Waals surface area contributed by atoms with Crippen molar-refractivity contribution in [3.8, 4) is 5.75 Å². The van der Waals surface area contributed by atoms with Gasteiger partial charge in [0, 0.05) is 5.88 Å². The van der Waals surface area contributed by atoms with Gasteiger partial charge in [-0.25, -0.2) is 0 Å². The molecule has 5 heteroatoms. The summed E-state index contributed by atoms with van der Waals surface area (Å²) >= 11 is 5.55. The minimum absolute atomic E-state index is 0.0624. The summed E-state index contributed by atoms with van der Waals surface area (Å²) in [5.41, 5.74) is 1.12. The number of hydrogen-bond donors (Lipinski definition) is 0. The van der Waals surface area contributed by atoms with E-state index in [0.717, 1.165) is 0 Å². The largest absolute Gasteiger partial charge is 0.573 e. The number of para-hydroxylation sites is 1. The molecule has 0 aliphatic heterocycles. The zero-order valence-corrected chi connectivity index (χ0v) is 10.2. The minimum atomic E-state index is -4.65. The van der Waals surface area contributed by atoms with E-state index in [1.807, 2.05) is 0 Å². The Hall–Kier alpha value is -0.900. The molecule has 1 aromatic rings. The summed E-state index contributed by atoms with van der Waals surface area (Å²) in [5.74, 6) is 0.356. The smallest absolute Gasteiger partial charge is 0.405 e. The molecule has 1 aromatic carbocycles. The van der Waals surface area contributed by atoms with Crippen molar-refractivity contribution in [3.63, 3.8) is 0 Å². The molecule has 0 aromatic heterocycles. The van der Waals surface area contributed by atoms with Crippen molar-refractivity contribution < 1.29 is 17.9 Å². The quantitative estimate of drug-likeness (QED) is 0.721. The highest BCUT2D eigenvalue weighted by atomic mass is 35.5. The topological polar surface area (TPSA) is 9.23 Å². The van der Waals surface area contributed by atoms with Crippen LogP contribution in [-0.2, 0) is 12.8 Å². The fourth-order valence-electron chi connectivity index (χ4n) is 1.62. The number of hydrogen-bond acceptors (Lipinski definition) is 1. The molecule has 0 spiro atoms. The van der Waals surface area contributed by atoms with E-state index in [0.29, 0.717) is 36.3 Å². The van der Waals surface area contributed by atoms with Crippen molar-refractivity contribution in [1.29, 1.82) is 0 Å². The first-order chi connectivity index (χ1) is 7.98. The first-order valence-corrected chi connectivity index (χ1v) is 5.94. The number of ether oxygens (including phenoxy) is 1. The lowest BCUT2D eigenvalue weighted by Gasteiger charge is -2.16. The molecular weight excluding hydrogens is 253 g/mol. The van der Waals surface area contributed by atoms with Crippen LogP contribution >= 0.6 is 11.6 Å². The van der Waals surface area contributed by atoms with Crippen molar-refractivity contribution in [1.82, 2.24) is 0 Å². The summed E-state index contributed by atoms with van der Waals surface area (Å²) < 4.78 is 41.0. The Labute approximate surface area is 104 Å². The molecule has 0 saturated carbocycles. The Morgan fingerprint density at radius 1 is 1.24 bits per heavy atom. The Morgan fingerprint density at radius 3 is 2.41 bits per heavy atom. The molecule has 0 saturated heterocycles. The minimum Gasteiger partial charge on any atom is -0.405 e. The zero-order valence-electron chi connectivity index (χ0n) is 9.48. The van der Waals surface area contributed by atoms with Gasteiger partial charge >= 0.3 is 6.36 Å². The summed E-state index contributed by atoms with van der Waals surface area (Å²) in [7, 11) is 0. The molecule has 0 amide bonds. The maximum atomic E-state index is 12.3. The molecule has 96 valence electrons. The average molecular weight is 267 g/mol. The first kappa shape index (κ1) is 14.2. The molecule has 17 heavy (non-hydrogen) atoms. The number of alkyl halides is 4. The fraction of sp³-hybridized carbons (Fsp3) is 0.500. The maximum absolute atomic E-state index is 12.3. The number of halogens is 4. The highest BCUT2D eigenvalue weighted by Gasteiger charge is 2.32. The van der Waals surface area contributed by atoms with E-state index in [1.54, 1.807) is 25.1 Å². The Balaban J connectivity index is 3.02. The van der Waals surface area contributed by atoms with Crippen LogP contribution in [0, 0.1) is 0 Å². The standard InChI is InChI=1S/C12H14ClF3O/c1-2-9-5-3-6-10(7-4-8-13)11(9)17-12(14,15)16/h3,5-6H,2,4,7-8H2,1H3. The Kier molecular flexibility index (Phi) is 5.12. The van der Waals surface area contributed by atoms with Gasteiger partial charge in [0.15, 0.2) is 0 Å². The van der Waals surface area contributed by atoms with Crippen LogP contribution in [0.2, 0.25) is 0 Å². The summed E-state index contributed by atoms with van der Waals surface area (Å²) in [6, 6.07) is 5.03. The van der Waals surface area contributed by atoms with E-state index < -0.39 is 6.36 Å². The summed E-state index contributed by atoms with van der Waals surface area (Å²) in [4.78, 5) is 0. The fourth-order valence-corrected chi connectivity index (χ4v) is 1.75. The number of aryl methyl sites for hydroxylation is 2. The van der Waals surface area contributed by atoms with Gasteiger partial charge < -0.3 is 4.74 Å². The molecule has 1 rings (SSSR count). The van der Waals surface area contributed by atoms with Crippen LogP contribution in [0.3, 0.4) is 0 Å². The summed E-state index contributed by atoms with van der Waals surface area (Å²) in [6.07, 6.45) is -3.03.